The second-order valence-corrected chi connectivity index (χ2v) is 6.52. The highest BCUT2D eigenvalue weighted by Gasteiger charge is 2.43. The molecule has 23 heavy (non-hydrogen) atoms. The third-order valence-electron chi connectivity index (χ3n) is 5.07. The van der Waals surface area contributed by atoms with Gasteiger partial charge in [-0.3, -0.25) is 14.7 Å². The Bertz CT molecular complexity index is 698. The maximum Gasteiger partial charge on any atom is 0.289 e. The number of hydrogen-bond donors (Lipinski definition) is 0. The van der Waals surface area contributed by atoms with Gasteiger partial charge in [0.1, 0.15) is 0 Å². The molecule has 0 aromatic carbocycles. The van der Waals surface area contributed by atoms with E-state index >= 15 is 0 Å². The van der Waals surface area contributed by atoms with E-state index in [1.807, 2.05) is 30.4 Å². The molecule has 0 radical (unpaired) electrons. The Hall–Kier alpha value is -2.21. The summed E-state index contributed by atoms with van der Waals surface area (Å²) in [5, 5.41) is 0. The molecule has 0 saturated carbocycles. The van der Waals surface area contributed by atoms with Gasteiger partial charge >= 0.3 is 0 Å². The van der Waals surface area contributed by atoms with E-state index in [1.165, 1.54) is 5.56 Å². The summed E-state index contributed by atoms with van der Waals surface area (Å²) in [7, 11) is 1.87. The number of hydrogen-bond acceptors (Lipinski definition) is 4. The molecule has 2 saturated heterocycles. The van der Waals surface area contributed by atoms with Crippen LogP contribution in [-0.2, 0) is 13.6 Å². The fourth-order valence-electron chi connectivity index (χ4n) is 3.71. The van der Waals surface area contributed by atoms with Gasteiger partial charge in [-0.1, -0.05) is 6.07 Å². The molecule has 0 N–H and O–H groups in total. The van der Waals surface area contributed by atoms with Crippen molar-refractivity contribution in [2.45, 2.75) is 19.0 Å². The van der Waals surface area contributed by atoms with Crippen LogP contribution in [0.15, 0.2) is 36.9 Å². The summed E-state index contributed by atoms with van der Waals surface area (Å²) >= 11 is 0. The smallest absolute Gasteiger partial charge is 0.289 e. The lowest BCUT2D eigenvalue weighted by atomic mass is 9.82. The number of aryl methyl sites for hydroxylation is 1. The highest BCUT2D eigenvalue weighted by molar-refractivity contribution is 5.90. The van der Waals surface area contributed by atoms with Gasteiger partial charge in [0.05, 0.1) is 0 Å². The molecule has 6 heteroatoms. The minimum Gasteiger partial charge on any atom is -0.334 e. The number of carbonyl (C=O) groups is 1. The Kier molecular flexibility index (Phi) is 3.61. The minimum absolute atomic E-state index is 0.0455. The van der Waals surface area contributed by atoms with Gasteiger partial charge in [0.15, 0.2) is 5.82 Å². The first-order chi connectivity index (χ1) is 11.2. The van der Waals surface area contributed by atoms with Crippen LogP contribution in [0.25, 0.3) is 0 Å². The molecule has 0 bridgehead atoms. The van der Waals surface area contributed by atoms with Gasteiger partial charge in [-0.05, 0) is 24.0 Å². The Morgan fingerprint density at radius 2 is 2.26 bits per heavy atom. The van der Waals surface area contributed by atoms with Crippen molar-refractivity contribution in [3.63, 3.8) is 0 Å². The lowest BCUT2D eigenvalue weighted by Crippen LogP contribution is -2.64. The van der Waals surface area contributed by atoms with Gasteiger partial charge in [0, 0.05) is 64.1 Å². The summed E-state index contributed by atoms with van der Waals surface area (Å²) in [5.41, 5.74) is 1.23. The van der Waals surface area contributed by atoms with E-state index in [-0.39, 0.29) is 5.91 Å². The van der Waals surface area contributed by atoms with Gasteiger partial charge in [0.25, 0.3) is 5.91 Å². The number of rotatable bonds is 3. The normalized spacial score (nSPS) is 24.1. The molecular formula is C17H21N5O. The third-order valence-corrected chi connectivity index (χ3v) is 5.07. The van der Waals surface area contributed by atoms with E-state index in [2.05, 4.69) is 20.9 Å². The quantitative estimate of drug-likeness (QED) is 0.853. The number of likely N-dealkylation sites (tertiary alicyclic amines) is 2. The number of amides is 1. The third kappa shape index (κ3) is 2.63. The van der Waals surface area contributed by atoms with E-state index in [0.717, 1.165) is 38.5 Å². The minimum atomic E-state index is 0.0455. The first-order valence-corrected chi connectivity index (χ1v) is 8.12. The summed E-state index contributed by atoms with van der Waals surface area (Å²) in [5.74, 6) is 1.29. The maximum atomic E-state index is 12.6. The van der Waals surface area contributed by atoms with Crippen molar-refractivity contribution < 1.29 is 4.79 Å². The van der Waals surface area contributed by atoms with E-state index in [9.17, 15) is 4.79 Å². The zero-order valence-electron chi connectivity index (χ0n) is 13.3. The van der Waals surface area contributed by atoms with E-state index < -0.39 is 0 Å². The van der Waals surface area contributed by atoms with Crippen LogP contribution in [0.4, 0.5) is 0 Å². The number of fused-ring (bicyclic) bond motifs is 1. The monoisotopic (exact) mass is 311 g/mol. The number of carbonyl (C=O) groups excluding carboxylic acids is 1. The molecule has 2 aliphatic rings. The SMILES string of the molecule is Cn1ccnc1C(=O)N1CC[C@@H]2CN(Cc3cccnc3)[C@@H]2C1. The lowest BCUT2D eigenvalue weighted by Gasteiger charge is -2.53. The van der Waals surface area contributed by atoms with Gasteiger partial charge < -0.3 is 9.47 Å². The highest BCUT2D eigenvalue weighted by Crippen LogP contribution is 2.33. The number of piperidine rings is 1. The first kappa shape index (κ1) is 14.4. The molecule has 2 fully saturated rings. The molecule has 2 atom stereocenters. The summed E-state index contributed by atoms with van der Waals surface area (Å²) in [6.07, 6.45) is 8.31. The van der Waals surface area contributed by atoms with Crippen molar-refractivity contribution in [1.82, 2.24) is 24.3 Å². The molecule has 0 spiro atoms. The van der Waals surface area contributed by atoms with Crippen molar-refractivity contribution in [3.8, 4) is 0 Å². The van der Waals surface area contributed by atoms with Crippen molar-refractivity contribution in [2.24, 2.45) is 13.0 Å². The zero-order valence-corrected chi connectivity index (χ0v) is 13.3. The molecule has 2 aromatic heterocycles. The van der Waals surface area contributed by atoms with E-state index in [0.29, 0.717) is 11.9 Å². The van der Waals surface area contributed by atoms with Crippen molar-refractivity contribution in [1.29, 1.82) is 0 Å². The largest absolute Gasteiger partial charge is 0.334 e. The van der Waals surface area contributed by atoms with Crippen LogP contribution in [0.2, 0.25) is 0 Å². The van der Waals surface area contributed by atoms with Crippen LogP contribution in [0, 0.1) is 5.92 Å². The molecule has 120 valence electrons. The van der Waals surface area contributed by atoms with Crippen LogP contribution in [-0.4, -0.2) is 55.9 Å². The lowest BCUT2D eigenvalue weighted by molar-refractivity contribution is -0.0431. The Labute approximate surface area is 135 Å². The standard InChI is InChI=1S/C17H21N5O/c1-20-8-6-19-16(20)17(23)21-7-4-14-11-22(15(14)12-21)10-13-3-2-5-18-9-13/h2-3,5-6,8-9,14-15H,4,7,10-12H2,1H3/t14-,15-/m1/s1. The van der Waals surface area contributed by atoms with Gasteiger partial charge in [-0.25, -0.2) is 4.98 Å². The molecule has 4 heterocycles. The second-order valence-electron chi connectivity index (χ2n) is 6.52. The number of nitrogens with zero attached hydrogens (tertiary/aromatic N) is 5. The Morgan fingerprint density at radius 1 is 1.35 bits per heavy atom. The molecular weight excluding hydrogens is 290 g/mol. The van der Waals surface area contributed by atoms with Gasteiger partial charge in [-0.2, -0.15) is 0 Å². The summed E-state index contributed by atoms with van der Waals surface area (Å²) in [6, 6.07) is 4.55. The molecule has 6 nitrogen and oxygen atoms in total. The summed E-state index contributed by atoms with van der Waals surface area (Å²) in [6.45, 7) is 3.69. The predicted octanol–water partition coefficient (Wildman–Crippen LogP) is 1.16. The number of imidazole rings is 1. The molecule has 1 amide bonds. The van der Waals surface area contributed by atoms with Crippen LogP contribution in [0.1, 0.15) is 22.6 Å². The van der Waals surface area contributed by atoms with Gasteiger partial charge in [0.2, 0.25) is 0 Å². The van der Waals surface area contributed by atoms with Crippen molar-refractivity contribution in [2.75, 3.05) is 19.6 Å². The topological polar surface area (TPSA) is 54.3 Å². The van der Waals surface area contributed by atoms with Crippen LogP contribution >= 0.6 is 0 Å². The van der Waals surface area contributed by atoms with E-state index in [4.69, 9.17) is 0 Å². The Balaban J connectivity index is 1.42. The molecule has 4 rings (SSSR count). The number of aromatic nitrogens is 3. The predicted molar refractivity (Wildman–Crippen MR) is 85.7 cm³/mol. The van der Waals surface area contributed by atoms with E-state index in [1.54, 1.807) is 17.0 Å². The van der Waals surface area contributed by atoms with Crippen molar-refractivity contribution >= 4 is 5.91 Å². The first-order valence-electron chi connectivity index (χ1n) is 8.12. The second kappa shape index (κ2) is 5.77. The molecule has 0 unspecified atom stereocenters. The highest BCUT2D eigenvalue weighted by atomic mass is 16.2. The summed E-state index contributed by atoms with van der Waals surface area (Å²) < 4.78 is 1.79. The van der Waals surface area contributed by atoms with Gasteiger partial charge in [-0.15, -0.1) is 0 Å². The zero-order chi connectivity index (χ0) is 15.8. The summed E-state index contributed by atoms with van der Waals surface area (Å²) in [4.78, 5) is 25.4. The maximum absolute atomic E-state index is 12.6. The van der Waals surface area contributed by atoms with Crippen LogP contribution in [0.3, 0.4) is 0 Å². The number of pyridine rings is 1. The van der Waals surface area contributed by atoms with Crippen LogP contribution in [0.5, 0.6) is 0 Å². The van der Waals surface area contributed by atoms with Crippen molar-refractivity contribution in [3.05, 3.63) is 48.3 Å². The average molecular weight is 311 g/mol. The average Bonchev–Trinajstić information content (AvgIpc) is 2.99. The molecule has 0 aliphatic carbocycles. The fraction of sp³-hybridized carbons (Fsp3) is 0.471. The molecule has 2 aliphatic heterocycles. The fourth-order valence-corrected chi connectivity index (χ4v) is 3.71. The Morgan fingerprint density at radius 3 is 3.00 bits per heavy atom. The van der Waals surface area contributed by atoms with Crippen LogP contribution < -0.4 is 0 Å². The molecule has 2 aromatic rings.